The molecule has 3 aliphatic carbocycles. The van der Waals surface area contributed by atoms with Crippen molar-refractivity contribution >= 4 is 5.97 Å². The second kappa shape index (κ2) is 14.7. The fourth-order valence-corrected chi connectivity index (χ4v) is 8.88. The summed E-state index contributed by atoms with van der Waals surface area (Å²) in [6.07, 6.45) is 16.1. The first-order valence-corrected chi connectivity index (χ1v) is 19.8. The van der Waals surface area contributed by atoms with Gasteiger partial charge in [0.05, 0.1) is 6.04 Å². The molecule has 53 heavy (non-hydrogen) atoms. The van der Waals surface area contributed by atoms with Crippen molar-refractivity contribution in [3.8, 4) is 11.5 Å². The van der Waals surface area contributed by atoms with Gasteiger partial charge in [-0.15, -0.1) is 0 Å². The lowest BCUT2D eigenvalue weighted by Crippen LogP contribution is -2.47. The van der Waals surface area contributed by atoms with E-state index in [1.165, 1.54) is 64.6 Å². The number of rotatable bonds is 13. The number of benzene rings is 3. The summed E-state index contributed by atoms with van der Waals surface area (Å²) in [6, 6.07) is 20.8. The minimum Gasteiger partial charge on any atom is -0.480 e. The highest BCUT2D eigenvalue weighted by Crippen LogP contribution is 2.59. The molecule has 2 saturated carbocycles. The Bertz CT molecular complexity index is 1940. The summed E-state index contributed by atoms with van der Waals surface area (Å²) in [5, 5.41) is 13.8. The van der Waals surface area contributed by atoms with Crippen LogP contribution in [-0.4, -0.2) is 28.1 Å². The van der Waals surface area contributed by atoms with Gasteiger partial charge in [0.25, 0.3) is 0 Å². The fourth-order valence-electron chi connectivity index (χ4n) is 8.88. The fraction of sp³-hybridized carbons (Fsp3) is 0.438. The van der Waals surface area contributed by atoms with Gasteiger partial charge in [-0.05, 0) is 121 Å². The number of ether oxygens (including phenoxy) is 1. The van der Waals surface area contributed by atoms with Gasteiger partial charge in [-0.3, -0.25) is 0 Å². The molecule has 0 amide bonds. The van der Waals surface area contributed by atoms with E-state index in [4.69, 9.17) is 4.74 Å². The standard InChI is InChI=1S/C48H58N2O3/c1-31-12-15-40(24-32(31)2)48-23-22-36(26-41(48)29-48)13-21-44(46(51)52)49-34(4)45-28-37-14-18-43(53-42-19-16-39(17-20-42)47(5,6)7)27-38(37)30-50(45)33(3)25-35-10-8-9-11-35/h12,14-20,22-24,26-27,35,41,44-45,49H,3-4,8-11,13,21,25,28-30H2,1-2,5-7H3,(H,51,52)/t41?,44-,45-,48?/m0/s1. The van der Waals surface area contributed by atoms with Gasteiger partial charge < -0.3 is 20.1 Å². The Balaban J connectivity index is 1.03. The first-order valence-electron chi connectivity index (χ1n) is 19.8. The molecule has 5 nitrogen and oxygen atoms in total. The third-order valence-electron chi connectivity index (χ3n) is 12.6. The van der Waals surface area contributed by atoms with E-state index in [0.29, 0.717) is 31.2 Å². The molecule has 2 unspecified atom stereocenters. The number of hydrogen-bond donors (Lipinski definition) is 2. The second-order valence-corrected chi connectivity index (χ2v) is 17.4. The number of hydrogen-bond acceptors (Lipinski definition) is 4. The number of carboxylic acids is 1. The van der Waals surface area contributed by atoms with Gasteiger partial charge in [0.2, 0.25) is 0 Å². The van der Waals surface area contributed by atoms with E-state index < -0.39 is 12.0 Å². The normalized spacial score (nSPS) is 22.7. The Morgan fingerprint density at radius 3 is 2.40 bits per heavy atom. The summed E-state index contributed by atoms with van der Waals surface area (Å²) in [4.78, 5) is 15.0. The first kappa shape index (κ1) is 36.8. The highest BCUT2D eigenvalue weighted by Gasteiger charge is 2.53. The molecular weight excluding hydrogens is 653 g/mol. The SMILES string of the molecule is C=C(N[C@@H](CCC1=CC2CC2(c2ccc(C)c(C)c2)C=C1)C(=O)O)[C@@H]1Cc2ccc(Oc3ccc(C(C)(C)C)cc3)cc2CN1C(=C)CC1CCCC1. The number of aliphatic carboxylic acids is 1. The van der Waals surface area contributed by atoms with Crippen LogP contribution < -0.4 is 10.1 Å². The third kappa shape index (κ3) is 8.05. The van der Waals surface area contributed by atoms with Crippen molar-refractivity contribution < 1.29 is 14.6 Å². The molecule has 7 rings (SSSR count). The van der Waals surface area contributed by atoms with Crippen molar-refractivity contribution in [2.45, 2.75) is 122 Å². The zero-order chi connectivity index (χ0) is 37.5. The van der Waals surface area contributed by atoms with Crippen LogP contribution in [0.25, 0.3) is 0 Å². The molecule has 4 aliphatic rings. The molecule has 3 aromatic rings. The third-order valence-corrected chi connectivity index (χ3v) is 12.6. The molecule has 5 heteroatoms. The summed E-state index contributed by atoms with van der Waals surface area (Å²) in [7, 11) is 0. The Labute approximate surface area is 317 Å². The van der Waals surface area contributed by atoms with E-state index in [1.807, 2.05) is 18.2 Å². The van der Waals surface area contributed by atoms with E-state index in [9.17, 15) is 9.90 Å². The number of carbonyl (C=O) groups is 1. The number of nitrogens with zero attached hydrogens (tertiary/aromatic N) is 1. The van der Waals surface area contributed by atoms with Crippen molar-refractivity contribution in [2.75, 3.05) is 0 Å². The Kier molecular flexibility index (Phi) is 10.2. The highest BCUT2D eigenvalue weighted by atomic mass is 16.5. The van der Waals surface area contributed by atoms with E-state index in [0.717, 1.165) is 42.2 Å². The number of carboxylic acid groups (broad SMARTS) is 1. The number of nitrogens with one attached hydrogen (secondary N) is 1. The van der Waals surface area contributed by atoms with Gasteiger partial charge in [-0.1, -0.05) is 120 Å². The molecule has 0 aromatic heterocycles. The van der Waals surface area contributed by atoms with E-state index in [1.54, 1.807) is 0 Å². The minimum atomic E-state index is -0.840. The molecule has 0 spiro atoms. The van der Waals surface area contributed by atoms with Crippen molar-refractivity contribution in [3.05, 3.63) is 142 Å². The van der Waals surface area contributed by atoms with E-state index in [2.05, 4.69) is 119 Å². The van der Waals surface area contributed by atoms with Crippen LogP contribution >= 0.6 is 0 Å². The second-order valence-electron chi connectivity index (χ2n) is 17.4. The summed E-state index contributed by atoms with van der Waals surface area (Å²) in [5.74, 6) is 1.94. The molecule has 1 aliphatic heterocycles. The van der Waals surface area contributed by atoms with Gasteiger partial charge in [-0.2, -0.15) is 0 Å². The average Bonchev–Trinajstić information content (AvgIpc) is 3.64. The zero-order valence-electron chi connectivity index (χ0n) is 32.5. The van der Waals surface area contributed by atoms with Crippen molar-refractivity contribution in [3.63, 3.8) is 0 Å². The summed E-state index contributed by atoms with van der Waals surface area (Å²) in [6.45, 7) is 20.8. The molecule has 0 radical (unpaired) electrons. The predicted octanol–water partition coefficient (Wildman–Crippen LogP) is 11.0. The zero-order valence-corrected chi connectivity index (χ0v) is 32.5. The van der Waals surface area contributed by atoms with Gasteiger partial charge in [0.15, 0.2) is 0 Å². The van der Waals surface area contributed by atoms with Crippen LogP contribution in [0, 0.1) is 25.7 Å². The van der Waals surface area contributed by atoms with E-state index in [-0.39, 0.29) is 16.9 Å². The molecule has 0 saturated heterocycles. The van der Waals surface area contributed by atoms with Crippen LogP contribution in [0.2, 0.25) is 0 Å². The van der Waals surface area contributed by atoms with Gasteiger partial charge in [0, 0.05) is 23.4 Å². The molecule has 4 atom stereocenters. The minimum absolute atomic E-state index is 0.0878. The smallest absolute Gasteiger partial charge is 0.326 e. The lowest BCUT2D eigenvalue weighted by atomic mass is 9.86. The van der Waals surface area contributed by atoms with Crippen LogP contribution in [-0.2, 0) is 28.6 Å². The largest absolute Gasteiger partial charge is 0.480 e. The molecule has 3 aromatic carbocycles. The highest BCUT2D eigenvalue weighted by molar-refractivity contribution is 5.74. The number of aryl methyl sites for hydroxylation is 2. The molecule has 2 fully saturated rings. The van der Waals surface area contributed by atoms with Crippen LogP contribution in [0.5, 0.6) is 11.5 Å². The number of fused-ring (bicyclic) bond motifs is 2. The average molecular weight is 711 g/mol. The summed E-state index contributed by atoms with van der Waals surface area (Å²) < 4.78 is 6.35. The first-order chi connectivity index (χ1) is 25.3. The van der Waals surface area contributed by atoms with Gasteiger partial charge >= 0.3 is 5.97 Å². The van der Waals surface area contributed by atoms with Crippen molar-refractivity contribution in [1.82, 2.24) is 10.2 Å². The Hall–Kier alpha value is -4.51. The topological polar surface area (TPSA) is 61.8 Å². The predicted molar refractivity (Wildman–Crippen MR) is 216 cm³/mol. The van der Waals surface area contributed by atoms with Crippen LogP contribution in [0.1, 0.15) is 106 Å². The van der Waals surface area contributed by atoms with Crippen LogP contribution in [0.3, 0.4) is 0 Å². The van der Waals surface area contributed by atoms with Gasteiger partial charge in [-0.25, -0.2) is 4.79 Å². The van der Waals surface area contributed by atoms with Crippen LogP contribution in [0.4, 0.5) is 0 Å². The maximum Gasteiger partial charge on any atom is 0.326 e. The monoisotopic (exact) mass is 710 g/mol. The molecule has 278 valence electrons. The van der Waals surface area contributed by atoms with Gasteiger partial charge in [0.1, 0.15) is 17.5 Å². The lowest BCUT2D eigenvalue weighted by molar-refractivity contribution is -0.139. The summed E-state index contributed by atoms with van der Waals surface area (Å²) in [5.41, 5.74) is 11.1. The molecule has 2 N–H and O–H groups in total. The van der Waals surface area contributed by atoms with Crippen molar-refractivity contribution in [2.24, 2.45) is 11.8 Å². The number of allylic oxidation sites excluding steroid dienone is 5. The Morgan fingerprint density at radius 2 is 1.72 bits per heavy atom. The van der Waals surface area contributed by atoms with Crippen molar-refractivity contribution in [1.29, 1.82) is 0 Å². The lowest BCUT2D eigenvalue weighted by Gasteiger charge is -2.42. The van der Waals surface area contributed by atoms with E-state index >= 15 is 0 Å². The molecule has 1 heterocycles. The maximum absolute atomic E-state index is 12.7. The quantitative estimate of drug-likeness (QED) is 0.185. The van der Waals surface area contributed by atoms with Crippen LogP contribution in [0.15, 0.2) is 109 Å². The molecule has 0 bridgehead atoms. The maximum atomic E-state index is 12.7. The Morgan fingerprint density at radius 1 is 0.981 bits per heavy atom. The molecular formula is C48H58N2O3. The summed E-state index contributed by atoms with van der Waals surface area (Å²) >= 11 is 0.